The molecule has 0 amide bonds. The van der Waals surface area contributed by atoms with E-state index in [9.17, 15) is 0 Å². The second-order valence-corrected chi connectivity index (χ2v) is 8.76. The first-order chi connectivity index (χ1) is 13.7. The highest BCUT2D eigenvalue weighted by Gasteiger charge is 2.18. The minimum atomic E-state index is 1.26. The van der Waals surface area contributed by atoms with Crippen LogP contribution in [0.25, 0.3) is 0 Å². The van der Waals surface area contributed by atoms with Gasteiger partial charge in [0.25, 0.3) is 0 Å². The molecule has 0 saturated heterocycles. The summed E-state index contributed by atoms with van der Waals surface area (Å²) < 4.78 is 2.74. The maximum Gasteiger partial charge on any atom is 0.243 e. The molecule has 0 rings (SSSR count). The number of amidine groups is 1. The summed E-state index contributed by atoms with van der Waals surface area (Å²) in [5.41, 5.74) is 0. The highest BCUT2D eigenvalue weighted by Crippen LogP contribution is 2.09. The molecule has 0 radical (unpaired) electrons. The zero-order chi connectivity index (χ0) is 20.9. The molecule has 0 atom stereocenters. The summed E-state index contributed by atoms with van der Waals surface area (Å²) in [5, 5.41) is 0. The van der Waals surface area contributed by atoms with E-state index in [1.165, 1.54) is 129 Å². The topological polar surface area (TPSA) is 6.25 Å². The number of hydrogen-bond donors (Lipinski definition) is 0. The van der Waals surface area contributed by atoms with Crippen molar-refractivity contribution >= 4 is 5.84 Å². The van der Waals surface area contributed by atoms with Crippen LogP contribution in [0.1, 0.15) is 137 Å². The normalized spacial score (nSPS) is 11.0. The highest BCUT2D eigenvalue weighted by molar-refractivity contribution is 5.74. The second-order valence-electron chi connectivity index (χ2n) is 8.76. The van der Waals surface area contributed by atoms with E-state index in [1.54, 1.807) is 5.84 Å². The van der Waals surface area contributed by atoms with Crippen molar-refractivity contribution in [2.24, 2.45) is 0 Å². The molecule has 2 nitrogen and oxygen atoms in total. The Hall–Kier alpha value is -0.530. The number of nitrogens with zero attached hydrogens (tertiary/aromatic N) is 2. The lowest BCUT2D eigenvalue weighted by Gasteiger charge is -2.22. The maximum atomic E-state index is 2.74. The van der Waals surface area contributed by atoms with Crippen LogP contribution in [0.2, 0.25) is 0 Å². The molecule has 0 aromatic heterocycles. The first-order valence-corrected chi connectivity index (χ1v) is 13.0. The van der Waals surface area contributed by atoms with Crippen molar-refractivity contribution < 1.29 is 4.58 Å². The van der Waals surface area contributed by atoms with E-state index in [1.807, 2.05) is 0 Å². The van der Waals surface area contributed by atoms with E-state index >= 15 is 0 Å². The minimum Gasteiger partial charge on any atom is -0.266 e. The SMILES string of the molecule is CCCCCCN(CCCCCC)C(C)=[N+](CCCCCC)CCCCCC. The lowest BCUT2D eigenvalue weighted by molar-refractivity contribution is -0.534. The second kappa shape index (κ2) is 21.2. The fourth-order valence-corrected chi connectivity index (χ4v) is 3.99. The highest BCUT2D eigenvalue weighted by atomic mass is 15.2. The Balaban J connectivity index is 4.93. The van der Waals surface area contributed by atoms with Gasteiger partial charge in [-0.25, -0.2) is 0 Å². The average molecular weight is 396 g/mol. The molecule has 0 aliphatic heterocycles. The van der Waals surface area contributed by atoms with Crippen LogP contribution < -0.4 is 0 Å². The van der Waals surface area contributed by atoms with Crippen molar-refractivity contribution in [3.8, 4) is 0 Å². The van der Waals surface area contributed by atoms with Crippen molar-refractivity contribution in [2.75, 3.05) is 26.2 Å². The van der Waals surface area contributed by atoms with Gasteiger partial charge in [0.1, 0.15) is 0 Å². The molecule has 0 heterocycles. The number of unbranched alkanes of at least 4 members (excludes halogenated alkanes) is 12. The standard InChI is InChI=1S/C26H55N2/c1-6-10-14-18-22-27(23-19-15-11-7-2)26(5)28(24-20-16-12-8-3)25-21-17-13-9-4/h6-25H2,1-5H3/q+1. The molecular formula is C26H55N2+. The maximum absolute atomic E-state index is 2.74. The largest absolute Gasteiger partial charge is 0.266 e. The smallest absolute Gasteiger partial charge is 0.243 e. The van der Waals surface area contributed by atoms with Gasteiger partial charge >= 0.3 is 0 Å². The molecule has 0 saturated carbocycles. The van der Waals surface area contributed by atoms with Crippen LogP contribution in [-0.2, 0) is 0 Å². The molecule has 0 aromatic rings. The fraction of sp³-hybridized carbons (Fsp3) is 0.962. The van der Waals surface area contributed by atoms with Crippen molar-refractivity contribution in [2.45, 2.75) is 137 Å². The van der Waals surface area contributed by atoms with Crippen molar-refractivity contribution in [1.82, 2.24) is 4.90 Å². The summed E-state index contributed by atoms with van der Waals surface area (Å²) in [6.45, 7) is 16.7. The first kappa shape index (κ1) is 27.5. The monoisotopic (exact) mass is 395 g/mol. The van der Waals surface area contributed by atoms with Gasteiger partial charge < -0.3 is 0 Å². The third kappa shape index (κ3) is 15.4. The molecule has 0 spiro atoms. The van der Waals surface area contributed by atoms with Gasteiger partial charge in [0, 0.05) is 6.92 Å². The van der Waals surface area contributed by atoms with Crippen molar-refractivity contribution in [3.05, 3.63) is 0 Å². The van der Waals surface area contributed by atoms with Gasteiger partial charge in [-0.2, -0.15) is 0 Å². The van der Waals surface area contributed by atoms with Crippen LogP contribution in [-0.4, -0.2) is 41.5 Å². The molecule has 0 unspecified atom stereocenters. The van der Waals surface area contributed by atoms with E-state index in [2.05, 4.69) is 44.1 Å². The molecule has 28 heavy (non-hydrogen) atoms. The molecule has 0 bridgehead atoms. The number of hydrogen-bond acceptors (Lipinski definition) is 0. The molecule has 168 valence electrons. The Morgan fingerprint density at radius 2 is 0.857 bits per heavy atom. The predicted molar refractivity (Wildman–Crippen MR) is 129 cm³/mol. The quantitative estimate of drug-likeness (QED) is 0.0874. The van der Waals surface area contributed by atoms with Gasteiger partial charge in [0.05, 0.1) is 26.2 Å². The van der Waals surface area contributed by atoms with E-state index in [4.69, 9.17) is 0 Å². The van der Waals surface area contributed by atoms with E-state index in [0.29, 0.717) is 0 Å². The Labute approximate surface area is 179 Å². The molecular weight excluding hydrogens is 340 g/mol. The summed E-state index contributed by atoms with van der Waals surface area (Å²) in [6.07, 6.45) is 21.9. The van der Waals surface area contributed by atoms with E-state index in [0.717, 1.165) is 0 Å². The third-order valence-electron chi connectivity index (χ3n) is 6.04. The lowest BCUT2D eigenvalue weighted by Crippen LogP contribution is -2.38. The predicted octanol–water partition coefficient (Wildman–Crippen LogP) is 8.04. The Morgan fingerprint density at radius 1 is 0.500 bits per heavy atom. The fourth-order valence-electron chi connectivity index (χ4n) is 3.99. The molecule has 2 heteroatoms. The zero-order valence-corrected chi connectivity index (χ0v) is 20.5. The van der Waals surface area contributed by atoms with Crippen LogP contribution in [0, 0.1) is 0 Å². The Morgan fingerprint density at radius 3 is 1.21 bits per heavy atom. The first-order valence-electron chi connectivity index (χ1n) is 13.0. The third-order valence-corrected chi connectivity index (χ3v) is 6.04. The van der Waals surface area contributed by atoms with E-state index < -0.39 is 0 Å². The number of rotatable bonds is 20. The van der Waals surface area contributed by atoms with Crippen molar-refractivity contribution in [3.63, 3.8) is 0 Å². The van der Waals surface area contributed by atoms with Gasteiger partial charge in [-0.3, -0.25) is 9.48 Å². The molecule has 0 fully saturated rings. The molecule has 0 aliphatic carbocycles. The van der Waals surface area contributed by atoms with E-state index in [-0.39, 0.29) is 0 Å². The van der Waals surface area contributed by atoms with Gasteiger partial charge in [-0.1, -0.05) is 79.1 Å². The van der Waals surface area contributed by atoms with Crippen molar-refractivity contribution in [1.29, 1.82) is 0 Å². The summed E-state index contributed by atoms with van der Waals surface area (Å²) in [7, 11) is 0. The van der Waals surface area contributed by atoms with Crippen LogP contribution in [0.3, 0.4) is 0 Å². The van der Waals surface area contributed by atoms with Crippen LogP contribution in [0.15, 0.2) is 0 Å². The Bertz CT molecular complexity index is 322. The zero-order valence-electron chi connectivity index (χ0n) is 20.5. The summed E-state index contributed by atoms with van der Waals surface area (Å²) >= 11 is 0. The molecule has 0 aliphatic rings. The van der Waals surface area contributed by atoms with Gasteiger partial charge in [-0.15, -0.1) is 0 Å². The van der Waals surface area contributed by atoms with Gasteiger partial charge in [0.15, 0.2) is 0 Å². The lowest BCUT2D eigenvalue weighted by atomic mass is 10.1. The molecule has 0 aromatic carbocycles. The Kier molecular flexibility index (Phi) is 20.8. The summed E-state index contributed by atoms with van der Waals surface area (Å²) in [5.74, 6) is 1.57. The van der Waals surface area contributed by atoms with Gasteiger partial charge in [-0.05, 0) is 51.4 Å². The minimum absolute atomic E-state index is 1.26. The van der Waals surface area contributed by atoms with Crippen LogP contribution in [0.5, 0.6) is 0 Å². The molecule has 0 N–H and O–H groups in total. The summed E-state index contributed by atoms with van der Waals surface area (Å²) in [4.78, 5) is 2.74. The average Bonchev–Trinajstić information content (AvgIpc) is 2.71. The van der Waals surface area contributed by atoms with Gasteiger partial charge in [0.2, 0.25) is 5.84 Å². The van der Waals surface area contributed by atoms with Crippen LogP contribution in [0.4, 0.5) is 0 Å². The van der Waals surface area contributed by atoms with Crippen LogP contribution >= 0.6 is 0 Å². The summed E-state index contributed by atoms with van der Waals surface area (Å²) in [6, 6.07) is 0.